The highest BCUT2D eigenvalue weighted by molar-refractivity contribution is 5.92. The molecule has 1 aromatic rings. The van der Waals surface area contributed by atoms with Crippen LogP contribution >= 0.6 is 0 Å². The second-order valence-corrected chi connectivity index (χ2v) is 10.2. The molecule has 0 atom stereocenters. The van der Waals surface area contributed by atoms with Gasteiger partial charge in [0.15, 0.2) is 0 Å². The van der Waals surface area contributed by atoms with Crippen LogP contribution in [0.1, 0.15) is 101 Å². The lowest BCUT2D eigenvalue weighted by molar-refractivity contribution is -0.137. The molecule has 2 aliphatic carbocycles. The first-order valence-corrected chi connectivity index (χ1v) is 11.5. The van der Waals surface area contributed by atoms with E-state index in [1.807, 2.05) is 15.6 Å². The van der Waals surface area contributed by atoms with Crippen molar-refractivity contribution in [3.8, 4) is 0 Å². The van der Waals surface area contributed by atoms with Crippen molar-refractivity contribution >= 4 is 11.8 Å². The average Bonchev–Trinajstić information content (AvgIpc) is 3.45. The van der Waals surface area contributed by atoms with Crippen LogP contribution in [-0.4, -0.2) is 45.6 Å². The van der Waals surface area contributed by atoms with Crippen molar-refractivity contribution in [2.45, 2.75) is 96.1 Å². The maximum absolute atomic E-state index is 12.8. The van der Waals surface area contributed by atoms with E-state index in [1.165, 1.54) is 37.8 Å². The molecular weight excluding hydrogens is 364 g/mol. The molecule has 2 amide bonds. The molecule has 1 N–H and O–H groups in total. The normalized spacial score (nSPS) is 22.0. The number of nitrogens with one attached hydrogen (secondary N) is 1. The summed E-state index contributed by atoms with van der Waals surface area (Å²) >= 11 is 0. The minimum absolute atomic E-state index is 0.0769. The van der Waals surface area contributed by atoms with Crippen molar-refractivity contribution < 1.29 is 9.59 Å². The van der Waals surface area contributed by atoms with Gasteiger partial charge in [0.1, 0.15) is 5.69 Å². The maximum Gasteiger partial charge on any atom is 0.272 e. The van der Waals surface area contributed by atoms with Gasteiger partial charge in [0, 0.05) is 36.7 Å². The van der Waals surface area contributed by atoms with E-state index in [-0.39, 0.29) is 23.4 Å². The molecule has 1 aliphatic heterocycles. The number of likely N-dealkylation sites (tertiary alicyclic amines) is 1. The van der Waals surface area contributed by atoms with E-state index in [2.05, 4.69) is 31.2 Å². The molecule has 0 radical (unpaired) electrons. The average molecular weight is 401 g/mol. The Morgan fingerprint density at radius 3 is 2.24 bits per heavy atom. The summed E-state index contributed by atoms with van der Waals surface area (Å²) in [7, 11) is 0. The Morgan fingerprint density at radius 1 is 1.00 bits per heavy atom. The third-order valence-corrected chi connectivity index (χ3v) is 6.70. The van der Waals surface area contributed by atoms with Gasteiger partial charge in [-0.2, -0.15) is 5.10 Å². The summed E-state index contributed by atoms with van der Waals surface area (Å²) in [6, 6.07) is 2.11. The van der Waals surface area contributed by atoms with Gasteiger partial charge in [-0.1, -0.05) is 19.3 Å². The van der Waals surface area contributed by atoms with E-state index in [9.17, 15) is 9.59 Å². The molecule has 2 saturated carbocycles. The van der Waals surface area contributed by atoms with Crippen LogP contribution in [0.15, 0.2) is 6.07 Å². The van der Waals surface area contributed by atoms with Crippen molar-refractivity contribution in [1.29, 1.82) is 0 Å². The van der Waals surface area contributed by atoms with E-state index in [4.69, 9.17) is 0 Å². The number of amides is 2. The lowest BCUT2D eigenvalue weighted by atomic mass is 9.87. The SMILES string of the molecule is CC(C)(C)n1nc(C(=O)NC2CCN(C(=O)C3CCCCC3)CC2)cc1C1CC1. The molecule has 29 heavy (non-hydrogen) atoms. The molecule has 6 nitrogen and oxygen atoms in total. The molecule has 3 aliphatic rings. The van der Waals surface area contributed by atoms with Gasteiger partial charge < -0.3 is 10.2 Å². The molecule has 1 aromatic heterocycles. The largest absolute Gasteiger partial charge is 0.348 e. The molecule has 3 fully saturated rings. The van der Waals surface area contributed by atoms with E-state index < -0.39 is 0 Å². The van der Waals surface area contributed by atoms with E-state index in [0.717, 1.165) is 38.8 Å². The van der Waals surface area contributed by atoms with E-state index >= 15 is 0 Å². The summed E-state index contributed by atoms with van der Waals surface area (Å²) in [5, 5.41) is 7.83. The zero-order valence-corrected chi connectivity index (χ0v) is 18.2. The molecule has 0 bridgehead atoms. The molecule has 160 valence electrons. The summed E-state index contributed by atoms with van der Waals surface area (Å²) in [5.41, 5.74) is 1.60. The molecule has 6 heteroatoms. The number of rotatable bonds is 4. The van der Waals surface area contributed by atoms with Crippen molar-refractivity contribution in [3.05, 3.63) is 17.5 Å². The summed E-state index contributed by atoms with van der Waals surface area (Å²) in [4.78, 5) is 27.6. The van der Waals surface area contributed by atoms with Gasteiger partial charge in [0.2, 0.25) is 5.91 Å². The number of nitrogens with zero attached hydrogens (tertiary/aromatic N) is 3. The summed E-state index contributed by atoms with van der Waals surface area (Å²) in [5.74, 6) is 1.05. The first-order chi connectivity index (χ1) is 13.8. The molecule has 4 rings (SSSR count). The highest BCUT2D eigenvalue weighted by Gasteiger charge is 2.33. The van der Waals surface area contributed by atoms with Crippen LogP contribution in [0.4, 0.5) is 0 Å². The molecule has 1 saturated heterocycles. The topological polar surface area (TPSA) is 67.2 Å². The van der Waals surface area contributed by atoms with Crippen LogP contribution in [0.3, 0.4) is 0 Å². The first-order valence-electron chi connectivity index (χ1n) is 11.5. The van der Waals surface area contributed by atoms with E-state index in [0.29, 0.717) is 17.5 Å². The number of carbonyl (C=O) groups excluding carboxylic acids is 2. The summed E-state index contributed by atoms with van der Waals surface area (Å²) in [6.07, 6.45) is 9.79. The summed E-state index contributed by atoms with van der Waals surface area (Å²) in [6.45, 7) is 7.90. The lowest BCUT2D eigenvalue weighted by Crippen LogP contribution is -2.48. The second kappa shape index (κ2) is 8.11. The second-order valence-electron chi connectivity index (χ2n) is 10.2. The predicted octanol–water partition coefficient (Wildman–Crippen LogP) is 3.82. The maximum atomic E-state index is 12.8. The minimum Gasteiger partial charge on any atom is -0.348 e. The molecule has 0 aromatic carbocycles. The Hall–Kier alpha value is -1.85. The third kappa shape index (κ3) is 4.67. The number of hydrogen-bond acceptors (Lipinski definition) is 3. The van der Waals surface area contributed by atoms with Gasteiger partial charge in [-0.25, -0.2) is 0 Å². The van der Waals surface area contributed by atoms with Gasteiger partial charge in [-0.15, -0.1) is 0 Å². The van der Waals surface area contributed by atoms with Crippen LogP contribution < -0.4 is 5.32 Å². The number of aromatic nitrogens is 2. The molecule has 0 spiro atoms. The smallest absolute Gasteiger partial charge is 0.272 e. The van der Waals surface area contributed by atoms with Crippen LogP contribution in [0, 0.1) is 5.92 Å². The van der Waals surface area contributed by atoms with Crippen LogP contribution in [0.2, 0.25) is 0 Å². The van der Waals surface area contributed by atoms with Gasteiger partial charge in [0.05, 0.1) is 5.54 Å². The van der Waals surface area contributed by atoms with Crippen LogP contribution in [-0.2, 0) is 10.3 Å². The Balaban J connectivity index is 1.32. The van der Waals surface area contributed by atoms with Gasteiger partial charge in [-0.3, -0.25) is 14.3 Å². The van der Waals surface area contributed by atoms with Crippen LogP contribution in [0.5, 0.6) is 0 Å². The van der Waals surface area contributed by atoms with Crippen molar-refractivity contribution in [2.75, 3.05) is 13.1 Å². The number of carbonyl (C=O) groups is 2. The Labute approximate surface area is 174 Å². The van der Waals surface area contributed by atoms with Crippen molar-refractivity contribution in [1.82, 2.24) is 20.0 Å². The highest BCUT2D eigenvalue weighted by Crippen LogP contribution is 2.41. The van der Waals surface area contributed by atoms with Crippen LogP contribution in [0.25, 0.3) is 0 Å². The third-order valence-electron chi connectivity index (χ3n) is 6.70. The Bertz CT molecular complexity index is 745. The molecule has 0 unspecified atom stereocenters. The van der Waals surface area contributed by atoms with Crippen molar-refractivity contribution in [3.63, 3.8) is 0 Å². The fourth-order valence-electron chi connectivity index (χ4n) is 4.82. The highest BCUT2D eigenvalue weighted by atomic mass is 16.2. The molecule has 2 heterocycles. The zero-order chi connectivity index (χ0) is 20.6. The fourth-order valence-corrected chi connectivity index (χ4v) is 4.82. The monoisotopic (exact) mass is 400 g/mol. The Morgan fingerprint density at radius 2 is 1.66 bits per heavy atom. The standard InChI is InChI=1S/C23H36N4O2/c1-23(2,3)27-20(16-9-10-16)15-19(25-27)21(28)24-18-11-13-26(14-12-18)22(29)17-7-5-4-6-8-17/h15-18H,4-14H2,1-3H3,(H,24,28). The Kier molecular flexibility index (Phi) is 5.71. The predicted molar refractivity (Wildman–Crippen MR) is 113 cm³/mol. The van der Waals surface area contributed by atoms with Gasteiger partial charge in [0.25, 0.3) is 5.91 Å². The van der Waals surface area contributed by atoms with Crippen molar-refractivity contribution in [2.24, 2.45) is 5.92 Å². The van der Waals surface area contributed by atoms with Gasteiger partial charge in [-0.05, 0) is 65.4 Å². The quantitative estimate of drug-likeness (QED) is 0.835. The van der Waals surface area contributed by atoms with E-state index in [1.54, 1.807) is 0 Å². The zero-order valence-electron chi connectivity index (χ0n) is 18.2. The number of hydrogen-bond donors (Lipinski definition) is 1. The fraction of sp³-hybridized carbons (Fsp3) is 0.783. The summed E-state index contributed by atoms with van der Waals surface area (Å²) < 4.78 is 2.03. The molecular formula is C23H36N4O2. The van der Waals surface area contributed by atoms with Gasteiger partial charge >= 0.3 is 0 Å². The first kappa shape index (κ1) is 20.4. The minimum atomic E-state index is -0.124. The lowest BCUT2D eigenvalue weighted by Gasteiger charge is -2.35. The number of piperidine rings is 1.